The van der Waals surface area contributed by atoms with Crippen LogP contribution in [0.15, 0.2) is 60.8 Å². The minimum atomic E-state index is -1.13. The third-order valence-electron chi connectivity index (χ3n) is 10.9. The van der Waals surface area contributed by atoms with Crippen LogP contribution in [-0.2, 0) is 28.6 Å². The second kappa shape index (κ2) is 43.7. The summed E-state index contributed by atoms with van der Waals surface area (Å²) >= 11 is 0. The molecule has 0 aliphatic carbocycles. The third kappa shape index (κ3) is 42.1. The van der Waals surface area contributed by atoms with Crippen LogP contribution in [0.3, 0.4) is 0 Å². The molecule has 0 aliphatic rings. The van der Waals surface area contributed by atoms with Crippen LogP contribution < -0.4 is 5.11 Å². The predicted octanol–water partition coefficient (Wildman–Crippen LogP) is 12.8. The van der Waals surface area contributed by atoms with Gasteiger partial charge >= 0.3 is 11.9 Å². The van der Waals surface area contributed by atoms with Gasteiger partial charge in [-0.15, -0.1) is 0 Å². The Hall–Kier alpha value is -2.97. The van der Waals surface area contributed by atoms with E-state index in [4.69, 9.17) is 14.2 Å². The van der Waals surface area contributed by atoms with E-state index in [0.717, 1.165) is 77.0 Å². The normalized spacial score (nSPS) is 13.4. The molecule has 2 unspecified atom stereocenters. The number of carboxylic acids is 1. The van der Waals surface area contributed by atoms with Crippen molar-refractivity contribution in [2.75, 3.05) is 41.0 Å². The number of carbonyl (C=O) groups excluding carboxylic acids is 3. The highest BCUT2D eigenvalue weighted by atomic mass is 16.6. The van der Waals surface area contributed by atoms with Crippen molar-refractivity contribution in [3.63, 3.8) is 0 Å². The number of likely N-dealkylation sites (N-methyl/N-ethyl adjacent to an activating group) is 1. The minimum Gasteiger partial charge on any atom is -0.544 e. The third-order valence-corrected chi connectivity index (χ3v) is 10.9. The van der Waals surface area contributed by atoms with Gasteiger partial charge in [0.05, 0.1) is 40.3 Å². The van der Waals surface area contributed by atoms with Gasteiger partial charge in [0, 0.05) is 19.3 Å². The van der Waals surface area contributed by atoms with Crippen molar-refractivity contribution in [3.05, 3.63) is 60.8 Å². The van der Waals surface area contributed by atoms with Crippen LogP contribution in [0.5, 0.6) is 0 Å². The quantitative estimate of drug-likeness (QED) is 0.0260. The molecule has 0 amide bonds. The lowest BCUT2D eigenvalue weighted by molar-refractivity contribution is -0.889. The zero-order chi connectivity index (χ0) is 44.9. The van der Waals surface area contributed by atoms with Gasteiger partial charge in [-0.25, -0.2) is 0 Å². The first-order valence-corrected chi connectivity index (χ1v) is 24.8. The van der Waals surface area contributed by atoms with E-state index >= 15 is 0 Å². The van der Waals surface area contributed by atoms with Gasteiger partial charge in [0.15, 0.2) is 6.10 Å². The lowest BCUT2D eigenvalue weighted by Gasteiger charge is -2.34. The van der Waals surface area contributed by atoms with Crippen molar-refractivity contribution in [2.24, 2.45) is 0 Å². The molecule has 0 aromatic carbocycles. The fourth-order valence-electron chi connectivity index (χ4n) is 6.99. The van der Waals surface area contributed by atoms with Gasteiger partial charge in [-0.2, -0.15) is 0 Å². The van der Waals surface area contributed by atoms with Crippen molar-refractivity contribution in [2.45, 2.75) is 219 Å². The van der Waals surface area contributed by atoms with E-state index < -0.39 is 18.1 Å². The van der Waals surface area contributed by atoms with E-state index in [1.54, 1.807) is 21.1 Å². The molecule has 2 atom stereocenters. The molecule has 0 rings (SSSR count). The fourth-order valence-corrected chi connectivity index (χ4v) is 6.99. The first-order valence-electron chi connectivity index (χ1n) is 24.8. The summed E-state index contributed by atoms with van der Waals surface area (Å²) in [4.78, 5) is 37.0. The highest BCUT2D eigenvalue weighted by Gasteiger charge is 2.25. The van der Waals surface area contributed by atoms with Gasteiger partial charge in [0.1, 0.15) is 12.6 Å². The van der Waals surface area contributed by atoms with Gasteiger partial charge in [0.2, 0.25) is 0 Å². The lowest BCUT2D eigenvalue weighted by Crippen LogP contribution is -2.55. The van der Waals surface area contributed by atoms with Crippen LogP contribution >= 0.6 is 0 Å². The number of aliphatic carboxylic acids is 1. The summed E-state index contributed by atoms with van der Waals surface area (Å²) in [5.41, 5.74) is 0. The molecule has 0 radical (unpaired) electrons. The number of carboxylic acid groups (broad SMARTS) is 1. The Morgan fingerprint density at radius 1 is 0.492 bits per heavy atom. The first kappa shape index (κ1) is 58.0. The van der Waals surface area contributed by atoms with Crippen LogP contribution in [0.2, 0.25) is 0 Å². The number of allylic oxidation sites excluding steroid dienone is 10. The summed E-state index contributed by atoms with van der Waals surface area (Å²) in [5, 5.41) is 11.7. The van der Waals surface area contributed by atoms with Crippen molar-refractivity contribution in [3.8, 4) is 0 Å². The Kier molecular flexibility index (Phi) is 41.5. The average molecular weight is 856 g/mol. The van der Waals surface area contributed by atoms with E-state index in [1.807, 2.05) is 0 Å². The molecule has 0 heterocycles. The molecule has 0 bridgehead atoms. The number of unbranched alkanes of at least 4 members (excludes halogenated alkanes) is 20. The summed E-state index contributed by atoms with van der Waals surface area (Å²) in [6.07, 6.45) is 53.8. The molecule has 0 N–H and O–H groups in total. The smallest absolute Gasteiger partial charge is 0.306 e. The van der Waals surface area contributed by atoms with E-state index in [1.165, 1.54) is 96.3 Å². The Balaban J connectivity index is 4.32. The number of nitrogens with zero attached hydrogens (tertiary/aromatic N) is 1. The Morgan fingerprint density at radius 3 is 1.31 bits per heavy atom. The van der Waals surface area contributed by atoms with Crippen LogP contribution in [-0.4, -0.2) is 75.5 Å². The van der Waals surface area contributed by atoms with Gasteiger partial charge in [-0.05, 0) is 83.5 Å². The van der Waals surface area contributed by atoms with Crippen LogP contribution in [0, 0.1) is 0 Å². The molecule has 0 spiro atoms. The average Bonchev–Trinajstić information content (AvgIpc) is 3.22. The molecule has 0 aromatic heterocycles. The molecule has 0 saturated carbocycles. The number of hydrogen-bond donors (Lipinski definition) is 0. The molecule has 61 heavy (non-hydrogen) atoms. The van der Waals surface area contributed by atoms with E-state index in [2.05, 4.69) is 74.6 Å². The number of quaternary nitrogens is 1. The molecular formula is C53H93NO7. The van der Waals surface area contributed by atoms with Crippen molar-refractivity contribution in [1.29, 1.82) is 0 Å². The highest BCUT2D eigenvalue weighted by molar-refractivity contribution is 5.70. The topological polar surface area (TPSA) is 102 Å². The van der Waals surface area contributed by atoms with Crippen LogP contribution in [0.4, 0.5) is 0 Å². The van der Waals surface area contributed by atoms with E-state index in [-0.39, 0.29) is 42.7 Å². The van der Waals surface area contributed by atoms with E-state index in [0.29, 0.717) is 12.8 Å². The Bertz CT molecular complexity index is 1180. The molecule has 0 aromatic rings. The van der Waals surface area contributed by atoms with Gasteiger partial charge in [-0.3, -0.25) is 9.59 Å². The summed E-state index contributed by atoms with van der Waals surface area (Å²) in [6.45, 7) is 4.60. The summed E-state index contributed by atoms with van der Waals surface area (Å²) < 4.78 is 17.2. The van der Waals surface area contributed by atoms with Crippen molar-refractivity contribution >= 4 is 17.9 Å². The second-order valence-electron chi connectivity index (χ2n) is 17.7. The largest absolute Gasteiger partial charge is 0.544 e. The first-order chi connectivity index (χ1) is 29.6. The molecule has 8 heteroatoms. The van der Waals surface area contributed by atoms with Crippen molar-refractivity contribution < 1.29 is 38.2 Å². The predicted molar refractivity (Wildman–Crippen MR) is 254 cm³/mol. The Morgan fingerprint density at radius 2 is 0.869 bits per heavy atom. The standard InChI is InChI=1S/C53H93NO7/c1-6-8-10-12-14-16-18-20-22-24-26-28-30-32-34-36-38-40-42-44-52(56)61-49(47-59-46-45-50(53(57)58)54(3,4)5)48-60-51(55)43-41-39-37-35-33-31-29-27-25-23-21-19-17-15-13-11-9-7-2/h14,16-17,19-20,22-23,25-26,28,49-50H,6-13,15,18,21,24,27,29-48H2,1-5H3/b16-14-,19-17-,22-20-,25-23-,28-26-. The second-order valence-corrected chi connectivity index (χ2v) is 17.7. The number of carbonyl (C=O) groups is 3. The van der Waals surface area contributed by atoms with Crippen LogP contribution in [0.25, 0.3) is 0 Å². The zero-order valence-electron chi connectivity index (χ0n) is 40.1. The molecule has 352 valence electrons. The maximum atomic E-state index is 12.8. The fraction of sp³-hybridized carbons (Fsp3) is 0.755. The zero-order valence-corrected chi connectivity index (χ0v) is 40.1. The van der Waals surface area contributed by atoms with Gasteiger partial charge in [-0.1, -0.05) is 164 Å². The maximum absolute atomic E-state index is 12.8. The molecule has 0 saturated heterocycles. The summed E-state index contributed by atoms with van der Waals surface area (Å²) in [6, 6.07) is -0.732. The minimum absolute atomic E-state index is 0.0310. The SMILES string of the molecule is CCCCC/C=C\C/C=C\C/C=C\CCCCCCCCC(=O)OC(COCCC(C(=O)[O-])[N+](C)(C)C)COC(=O)CCCCCCCCC/C=C\C/C=C\CCCCCC. The van der Waals surface area contributed by atoms with Gasteiger partial charge < -0.3 is 28.6 Å². The lowest BCUT2D eigenvalue weighted by atomic mass is 10.1. The van der Waals surface area contributed by atoms with Crippen molar-refractivity contribution in [1.82, 2.24) is 0 Å². The molecule has 0 aliphatic heterocycles. The number of esters is 2. The summed E-state index contributed by atoms with van der Waals surface area (Å²) in [7, 11) is 5.40. The van der Waals surface area contributed by atoms with Crippen LogP contribution in [0.1, 0.15) is 206 Å². The van der Waals surface area contributed by atoms with E-state index in [9.17, 15) is 19.5 Å². The highest BCUT2D eigenvalue weighted by Crippen LogP contribution is 2.14. The maximum Gasteiger partial charge on any atom is 0.306 e. The van der Waals surface area contributed by atoms with Gasteiger partial charge in [0.25, 0.3) is 0 Å². The summed E-state index contributed by atoms with van der Waals surface area (Å²) in [5.74, 6) is -1.76. The molecular weight excluding hydrogens is 763 g/mol. The number of ether oxygens (including phenoxy) is 3. The molecule has 8 nitrogen and oxygen atoms in total. The number of rotatable bonds is 44. The monoisotopic (exact) mass is 856 g/mol. The molecule has 0 fully saturated rings. The Labute approximate surface area is 375 Å². The number of hydrogen-bond acceptors (Lipinski definition) is 7.